The molecule has 0 aliphatic rings. The fourth-order valence-electron chi connectivity index (χ4n) is 2.21. The van der Waals surface area contributed by atoms with Crippen molar-refractivity contribution in [1.29, 1.82) is 5.26 Å². The molecule has 0 aromatic rings. The number of hydrogen-bond acceptors (Lipinski definition) is 5. The molecule has 0 radical (unpaired) electrons. The maximum absolute atomic E-state index is 10.3. The number of carbonyl (C=O) groups excluding carboxylic acids is 1. The zero-order valence-electron chi connectivity index (χ0n) is 15.0. The van der Waals surface area contributed by atoms with E-state index in [0.29, 0.717) is 19.6 Å². The highest BCUT2D eigenvalue weighted by molar-refractivity contribution is 5.64. The number of carbonyl (C=O) groups is 1. The van der Waals surface area contributed by atoms with Gasteiger partial charge in [-0.3, -0.25) is 0 Å². The van der Waals surface area contributed by atoms with E-state index in [2.05, 4.69) is 10.8 Å². The predicted octanol–water partition coefficient (Wildman–Crippen LogP) is 3.93. The summed E-state index contributed by atoms with van der Waals surface area (Å²) in [5, 5.41) is 8.40. The predicted molar refractivity (Wildman–Crippen MR) is 93.6 cm³/mol. The number of nitrogens with zero attached hydrogens (tertiary/aromatic N) is 1. The molecule has 6 nitrogen and oxygen atoms in total. The van der Waals surface area contributed by atoms with Crippen LogP contribution in [0.2, 0.25) is 0 Å². The molecule has 0 saturated carbocycles. The molecule has 0 unspecified atom stereocenters. The van der Waals surface area contributed by atoms with Gasteiger partial charge in [-0.05, 0) is 38.5 Å². The van der Waals surface area contributed by atoms with Crippen molar-refractivity contribution in [3.05, 3.63) is 0 Å². The van der Waals surface area contributed by atoms with Gasteiger partial charge < -0.3 is 19.9 Å². The molecule has 0 heterocycles. The van der Waals surface area contributed by atoms with Crippen molar-refractivity contribution in [2.45, 2.75) is 70.6 Å². The molecule has 0 rings (SSSR count). The molecule has 0 saturated heterocycles. The molecule has 0 aliphatic heterocycles. The van der Waals surface area contributed by atoms with Crippen molar-refractivity contribution in [3.8, 4) is 6.07 Å². The lowest BCUT2D eigenvalue weighted by molar-refractivity contribution is 0.115. The first-order chi connectivity index (χ1) is 11.8. The number of unbranched alkanes of at least 4 members (excludes halogenated alkanes) is 8. The highest BCUT2D eigenvalue weighted by Gasteiger charge is 1.96. The summed E-state index contributed by atoms with van der Waals surface area (Å²) in [6, 6.07) is 2.14. The van der Waals surface area contributed by atoms with Crippen molar-refractivity contribution in [3.63, 3.8) is 0 Å². The number of rotatable bonds is 18. The number of amides is 1. The lowest BCUT2D eigenvalue weighted by atomic mass is 10.1. The van der Waals surface area contributed by atoms with Gasteiger partial charge in [0.2, 0.25) is 0 Å². The summed E-state index contributed by atoms with van der Waals surface area (Å²) in [6.45, 7) is 3.53. The fourth-order valence-corrected chi connectivity index (χ4v) is 2.21. The normalized spacial score (nSPS) is 10.5. The molecule has 140 valence electrons. The van der Waals surface area contributed by atoms with E-state index in [-0.39, 0.29) is 0 Å². The third-order valence-corrected chi connectivity index (χ3v) is 3.58. The van der Waals surface area contributed by atoms with Gasteiger partial charge in [-0.1, -0.05) is 25.7 Å². The summed E-state index contributed by atoms with van der Waals surface area (Å²) in [5.41, 5.74) is 4.86. The standard InChI is InChI=1S/C18H34N2O4/c19-12-6-5-9-15-22-13-7-3-1-2-4-8-14-23-16-10-11-17-24-18(20)21/h1-11,13-17H2,(H2,20,21). The molecule has 0 bridgehead atoms. The van der Waals surface area contributed by atoms with Crippen molar-refractivity contribution >= 4 is 6.09 Å². The van der Waals surface area contributed by atoms with E-state index in [0.717, 1.165) is 58.3 Å². The second kappa shape index (κ2) is 19.7. The summed E-state index contributed by atoms with van der Waals surface area (Å²) in [4.78, 5) is 10.3. The van der Waals surface area contributed by atoms with Gasteiger partial charge in [0.25, 0.3) is 0 Å². The Morgan fingerprint density at radius 1 is 0.708 bits per heavy atom. The van der Waals surface area contributed by atoms with E-state index in [4.69, 9.17) is 20.5 Å². The van der Waals surface area contributed by atoms with E-state index in [1.165, 1.54) is 25.7 Å². The van der Waals surface area contributed by atoms with E-state index in [1.54, 1.807) is 0 Å². The summed E-state index contributed by atoms with van der Waals surface area (Å²) < 4.78 is 15.7. The van der Waals surface area contributed by atoms with Gasteiger partial charge >= 0.3 is 6.09 Å². The van der Waals surface area contributed by atoms with Gasteiger partial charge in [0.05, 0.1) is 12.7 Å². The van der Waals surface area contributed by atoms with Crippen molar-refractivity contribution in [2.24, 2.45) is 5.73 Å². The van der Waals surface area contributed by atoms with Crippen molar-refractivity contribution in [2.75, 3.05) is 33.0 Å². The second-order valence-corrected chi connectivity index (χ2v) is 5.84. The molecular formula is C18H34N2O4. The quantitative estimate of drug-likeness (QED) is 0.381. The molecule has 0 fully saturated rings. The first-order valence-electron chi connectivity index (χ1n) is 9.22. The van der Waals surface area contributed by atoms with Crippen LogP contribution in [0, 0.1) is 11.3 Å². The molecule has 0 atom stereocenters. The van der Waals surface area contributed by atoms with Crippen LogP contribution in [-0.4, -0.2) is 39.1 Å². The smallest absolute Gasteiger partial charge is 0.404 e. The summed E-state index contributed by atoms with van der Waals surface area (Å²) in [6.07, 6.45) is 10.7. The third-order valence-electron chi connectivity index (χ3n) is 3.58. The molecule has 0 aromatic carbocycles. The lowest BCUT2D eigenvalue weighted by Gasteiger charge is -2.05. The van der Waals surface area contributed by atoms with E-state index in [9.17, 15) is 4.79 Å². The maximum atomic E-state index is 10.3. The molecule has 0 aromatic heterocycles. The topological polar surface area (TPSA) is 94.6 Å². The number of ether oxygens (including phenoxy) is 3. The molecule has 2 N–H and O–H groups in total. The Balaban J connectivity index is 2.98. The third kappa shape index (κ3) is 20.7. The Morgan fingerprint density at radius 2 is 1.12 bits per heavy atom. The Hall–Kier alpha value is -1.32. The zero-order valence-corrected chi connectivity index (χ0v) is 15.0. The Labute approximate surface area is 146 Å². The van der Waals surface area contributed by atoms with Crippen LogP contribution in [0.15, 0.2) is 0 Å². The highest BCUT2D eigenvalue weighted by Crippen LogP contribution is 2.06. The van der Waals surface area contributed by atoms with Crippen LogP contribution in [0.5, 0.6) is 0 Å². The van der Waals surface area contributed by atoms with Crippen LogP contribution in [0.4, 0.5) is 4.79 Å². The average molecular weight is 342 g/mol. The van der Waals surface area contributed by atoms with Crippen LogP contribution in [0.1, 0.15) is 70.6 Å². The monoisotopic (exact) mass is 342 g/mol. The Morgan fingerprint density at radius 3 is 1.62 bits per heavy atom. The molecular weight excluding hydrogens is 308 g/mol. The minimum absolute atomic E-state index is 0.377. The van der Waals surface area contributed by atoms with Gasteiger partial charge in [-0.2, -0.15) is 5.26 Å². The highest BCUT2D eigenvalue weighted by atomic mass is 16.5. The van der Waals surface area contributed by atoms with E-state index in [1.807, 2.05) is 0 Å². The zero-order chi connectivity index (χ0) is 17.7. The molecule has 0 spiro atoms. The Kier molecular flexibility index (Phi) is 18.6. The van der Waals surface area contributed by atoms with Crippen LogP contribution < -0.4 is 5.73 Å². The summed E-state index contributed by atoms with van der Waals surface area (Å²) >= 11 is 0. The number of primary amides is 1. The van der Waals surface area contributed by atoms with Crippen LogP contribution in [-0.2, 0) is 14.2 Å². The Bertz CT molecular complexity index is 319. The first-order valence-corrected chi connectivity index (χ1v) is 9.22. The van der Waals surface area contributed by atoms with Crippen LogP contribution >= 0.6 is 0 Å². The van der Waals surface area contributed by atoms with Gasteiger partial charge in [0.1, 0.15) is 0 Å². The van der Waals surface area contributed by atoms with Gasteiger partial charge in [-0.25, -0.2) is 4.79 Å². The minimum Gasteiger partial charge on any atom is -0.450 e. The van der Waals surface area contributed by atoms with E-state index < -0.39 is 6.09 Å². The van der Waals surface area contributed by atoms with Gasteiger partial charge in [0, 0.05) is 32.8 Å². The molecule has 0 aliphatic carbocycles. The summed E-state index contributed by atoms with van der Waals surface area (Å²) in [7, 11) is 0. The van der Waals surface area contributed by atoms with Crippen LogP contribution in [0.3, 0.4) is 0 Å². The number of nitriles is 1. The van der Waals surface area contributed by atoms with Gasteiger partial charge in [0.15, 0.2) is 0 Å². The first kappa shape index (κ1) is 22.7. The fraction of sp³-hybridized carbons (Fsp3) is 0.889. The van der Waals surface area contributed by atoms with Crippen molar-refractivity contribution < 1.29 is 19.0 Å². The number of hydrogen-bond donors (Lipinski definition) is 1. The van der Waals surface area contributed by atoms with Gasteiger partial charge in [-0.15, -0.1) is 0 Å². The SMILES string of the molecule is N#CCCCCOCCCCCCCCOCCCCOC(N)=O. The average Bonchev–Trinajstić information content (AvgIpc) is 2.56. The molecule has 6 heteroatoms. The minimum atomic E-state index is -0.710. The number of nitrogens with two attached hydrogens (primary N) is 1. The second-order valence-electron chi connectivity index (χ2n) is 5.84. The van der Waals surface area contributed by atoms with Crippen LogP contribution in [0.25, 0.3) is 0 Å². The molecule has 1 amide bonds. The maximum Gasteiger partial charge on any atom is 0.404 e. The van der Waals surface area contributed by atoms with E-state index >= 15 is 0 Å². The lowest BCUT2D eigenvalue weighted by Crippen LogP contribution is -2.13. The largest absolute Gasteiger partial charge is 0.450 e. The molecule has 24 heavy (non-hydrogen) atoms. The van der Waals surface area contributed by atoms with Crippen molar-refractivity contribution in [1.82, 2.24) is 0 Å². The summed E-state index contributed by atoms with van der Waals surface area (Å²) in [5.74, 6) is 0.